The smallest absolute Gasteiger partial charge is 0.283 e. The monoisotopic (exact) mass is 520 g/mol. The normalized spacial score (nSPS) is 16.5. The fraction of sp³-hybridized carbons (Fsp3) is 0.357. The summed E-state index contributed by atoms with van der Waals surface area (Å²) < 4.78 is 17.5. The van der Waals surface area contributed by atoms with Crippen LogP contribution >= 0.6 is 11.8 Å². The molecule has 2 aliphatic rings. The van der Waals surface area contributed by atoms with Crippen LogP contribution in [-0.4, -0.2) is 46.8 Å². The Hall–Kier alpha value is -3.59. The third kappa shape index (κ3) is 6.22. The number of thioether (sulfide) groups is 1. The lowest BCUT2D eigenvalue weighted by Gasteiger charge is -2.20. The Morgan fingerprint density at radius 1 is 1.00 bits per heavy atom. The van der Waals surface area contributed by atoms with Gasteiger partial charge in [0.2, 0.25) is 5.17 Å². The number of hydrogen-bond acceptors (Lipinski definition) is 7. The van der Waals surface area contributed by atoms with E-state index in [1.54, 1.807) is 18.2 Å². The van der Waals surface area contributed by atoms with Crippen LogP contribution in [-0.2, 0) is 10.2 Å². The molecule has 2 heterocycles. The zero-order chi connectivity index (χ0) is 26.6. The first kappa shape index (κ1) is 26.5. The number of fused-ring (bicyclic) bond motifs is 1. The van der Waals surface area contributed by atoms with E-state index in [-0.39, 0.29) is 16.8 Å². The van der Waals surface area contributed by atoms with E-state index in [1.165, 1.54) is 22.3 Å². The zero-order valence-corrected chi connectivity index (χ0v) is 22.6. The summed E-state index contributed by atoms with van der Waals surface area (Å²) in [6.07, 6.45) is 2.35. The fourth-order valence-corrected chi connectivity index (χ4v) is 4.53. The van der Waals surface area contributed by atoms with Crippen LogP contribution in [0.25, 0.3) is 6.08 Å². The van der Waals surface area contributed by atoms with E-state index in [0.29, 0.717) is 48.5 Å². The van der Waals surface area contributed by atoms with Crippen LogP contribution in [0, 0.1) is 5.41 Å². The highest BCUT2D eigenvalue weighted by molar-refractivity contribution is 8.26. The molecule has 0 fully saturated rings. The number of benzene rings is 2. The van der Waals surface area contributed by atoms with Crippen molar-refractivity contribution in [1.82, 2.24) is 5.01 Å². The van der Waals surface area contributed by atoms with Gasteiger partial charge in [-0.3, -0.25) is 10.2 Å². The van der Waals surface area contributed by atoms with E-state index in [4.69, 9.17) is 19.6 Å². The first-order valence-electron chi connectivity index (χ1n) is 12.3. The van der Waals surface area contributed by atoms with Gasteiger partial charge in [-0.2, -0.15) is 15.1 Å². The molecular formula is C28H32N4O4S. The Labute approximate surface area is 221 Å². The quantitative estimate of drug-likeness (QED) is 0.328. The molecule has 0 aromatic heterocycles. The summed E-state index contributed by atoms with van der Waals surface area (Å²) in [5, 5.41) is 15.5. The minimum atomic E-state index is -0.456. The summed E-state index contributed by atoms with van der Waals surface area (Å²) in [5.74, 6) is 1.47. The molecule has 2 aromatic carbocycles. The van der Waals surface area contributed by atoms with Crippen LogP contribution in [0.5, 0.6) is 17.2 Å². The molecule has 0 aliphatic carbocycles. The highest BCUT2D eigenvalue weighted by Crippen LogP contribution is 2.32. The van der Waals surface area contributed by atoms with Gasteiger partial charge in [0, 0.05) is 0 Å². The van der Waals surface area contributed by atoms with E-state index >= 15 is 0 Å². The molecule has 4 rings (SSSR count). The van der Waals surface area contributed by atoms with Crippen molar-refractivity contribution in [1.29, 1.82) is 5.41 Å². The number of hydrazone groups is 1. The van der Waals surface area contributed by atoms with E-state index < -0.39 is 5.91 Å². The minimum absolute atomic E-state index is 0.0110. The first-order valence-corrected chi connectivity index (χ1v) is 13.1. The Morgan fingerprint density at radius 2 is 1.73 bits per heavy atom. The zero-order valence-electron chi connectivity index (χ0n) is 21.8. The highest BCUT2D eigenvalue weighted by atomic mass is 32.2. The van der Waals surface area contributed by atoms with Crippen molar-refractivity contribution in [2.24, 2.45) is 10.1 Å². The van der Waals surface area contributed by atoms with Gasteiger partial charge < -0.3 is 14.2 Å². The second-order valence-electron chi connectivity index (χ2n) is 9.48. The Balaban J connectivity index is 1.42. The van der Waals surface area contributed by atoms with E-state index in [2.05, 4.69) is 43.0 Å². The molecule has 0 radical (unpaired) electrons. The minimum Gasteiger partial charge on any atom is -0.490 e. The molecule has 2 aliphatic heterocycles. The van der Waals surface area contributed by atoms with Gasteiger partial charge in [-0.15, -0.1) is 0 Å². The van der Waals surface area contributed by atoms with Gasteiger partial charge in [-0.05, 0) is 72.0 Å². The number of amidine groups is 2. The van der Waals surface area contributed by atoms with Crippen molar-refractivity contribution in [2.45, 2.75) is 46.5 Å². The molecule has 0 unspecified atom stereocenters. The molecule has 0 atom stereocenters. The maximum atomic E-state index is 12.6. The van der Waals surface area contributed by atoms with E-state index in [1.807, 2.05) is 32.0 Å². The van der Waals surface area contributed by atoms with Gasteiger partial charge in [-0.25, -0.2) is 0 Å². The number of rotatable bonds is 9. The Kier molecular flexibility index (Phi) is 8.02. The molecule has 0 saturated heterocycles. The Morgan fingerprint density at radius 3 is 2.41 bits per heavy atom. The summed E-state index contributed by atoms with van der Waals surface area (Å²) in [6.45, 7) is 11.6. The molecule has 1 N–H and O–H groups in total. The standard InChI is InChI=1S/C28H32N4O4S/c1-6-24-31-32-25(29)21(26(33)30-27(32)37-24)16-18-8-13-22(23(17-18)34-7-2)36-15-14-35-20-11-9-19(10-12-20)28(3,4)5/h8-13,16-17,29H,6-7,14-15H2,1-5H3. The van der Waals surface area contributed by atoms with Crippen molar-refractivity contribution < 1.29 is 19.0 Å². The number of aliphatic imine (C=N–C) groups is 1. The number of ether oxygens (including phenoxy) is 3. The number of carbonyl (C=O) groups is 1. The van der Waals surface area contributed by atoms with Crippen LogP contribution in [0.1, 0.15) is 52.2 Å². The van der Waals surface area contributed by atoms with Gasteiger partial charge in [0.15, 0.2) is 17.3 Å². The first-order chi connectivity index (χ1) is 17.7. The van der Waals surface area contributed by atoms with Crippen LogP contribution in [0.2, 0.25) is 0 Å². The SMILES string of the molecule is CCOc1cc(C=C2C(=N)N3N=C(CC)SC3=NC2=O)ccc1OCCOc1ccc(C(C)(C)C)cc1. The molecule has 9 heteroatoms. The number of carbonyl (C=O) groups excluding carboxylic acids is 1. The van der Waals surface area contributed by atoms with Crippen LogP contribution in [0.3, 0.4) is 0 Å². The van der Waals surface area contributed by atoms with Crippen molar-refractivity contribution in [3.05, 3.63) is 59.2 Å². The topological polar surface area (TPSA) is 96.6 Å². The number of amides is 1. The summed E-state index contributed by atoms with van der Waals surface area (Å²) in [7, 11) is 0. The van der Waals surface area contributed by atoms with E-state index in [9.17, 15) is 4.79 Å². The summed E-state index contributed by atoms with van der Waals surface area (Å²) in [5.41, 5.74) is 2.22. The van der Waals surface area contributed by atoms with Crippen molar-refractivity contribution in [2.75, 3.05) is 19.8 Å². The average molecular weight is 521 g/mol. The molecule has 1 amide bonds. The lowest BCUT2D eigenvalue weighted by molar-refractivity contribution is -0.114. The largest absolute Gasteiger partial charge is 0.490 e. The lowest BCUT2D eigenvalue weighted by Crippen LogP contribution is -2.35. The van der Waals surface area contributed by atoms with Gasteiger partial charge in [-0.1, -0.05) is 45.9 Å². The van der Waals surface area contributed by atoms with Crippen molar-refractivity contribution in [3.63, 3.8) is 0 Å². The molecule has 37 heavy (non-hydrogen) atoms. The van der Waals surface area contributed by atoms with Crippen molar-refractivity contribution in [3.8, 4) is 17.2 Å². The maximum absolute atomic E-state index is 12.6. The molecule has 194 valence electrons. The van der Waals surface area contributed by atoms with E-state index in [0.717, 1.165) is 10.8 Å². The fourth-order valence-electron chi connectivity index (χ4n) is 3.71. The summed E-state index contributed by atoms with van der Waals surface area (Å²) >= 11 is 1.32. The van der Waals surface area contributed by atoms with Crippen molar-refractivity contribution >= 4 is 39.8 Å². The lowest BCUT2D eigenvalue weighted by atomic mass is 9.87. The van der Waals surface area contributed by atoms with Crippen LogP contribution < -0.4 is 14.2 Å². The van der Waals surface area contributed by atoms with Gasteiger partial charge in [0.25, 0.3) is 5.91 Å². The molecule has 0 spiro atoms. The van der Waals surface area contributed by atoms with Gasteiger partial charge in [0.1, 0.15) is 24.0 Å². The number of hydrogen-bond donors (Lipinski definition) is 1. The second-order valence-corrected chi connectivity index (χ2v) is 10.5. The third-order valence-electron chi connectivity index (χ3n) is 5.71. The van der Waals surface area contributed by atoms with Gasteiger partial charge in [0.05, 0.1) is 12.2 Å². The van der Waals surface area contributed by atoms with Crippen LogP contribution in [0.4, 0.5) is 0 Å². The molecule has 0 saturated carbocycles. The molecule has 0 bridgehead atoms. The number of nitrogens with one attached hydrogen (secondary N) is 1. The molecule has 8 nitrogen and oxygen atoms in total. The van der Waals surface area contributed by atoms with Crippen LogP contribution in [0.15, 0.2) is 58.1 Å². The highest BCUT2D eigenvalue weighted by Gasteiger charge is 2.35. The van der Waals surface area contributed by atoms with Gasteiger partial charge >= 0.3 is 0 Å². The molecular weight excluding hydrogens is 488 g/mol. The third-order valence-corrected chi connectivity index (χ3v) is 6.76. The molecule has 2 aromatic rings. The summed E-state index contributed by atoms with van der Waals surface area (Å²) in [6, 6.07) is 13.5. The maximum Gasteiger partial charge on any atom is 0.283 e. The predicted octanol–water partition coefficient (Wildman–Crippen LogP) is 5.87. The summed E-state index contributed by atoms with van der Waals surface area (Å²) in [4.78, 5) is 16.7. The second kappa shape index (κ2) is 11.2. The number of nitrogens with zero attached hydrogens (tertiary/aromatic N) is 3. The Bertz CT molecular complexity index is 1280. The average Bonchev–Trinajstić information content (AvgIpc) is 3.28. The predicted molar refractivity (Wildman–Crippen MR) is 149 cm³/mol.